The summed E-state index contributed by atoms with van der Waals surface area (Å²) >= 11 is 0. The van der Waals surface area contributed by atoms with Crippen molar-refractivity contribution in [3.05, 3.63) is 108 Å². The third-order valence-electron chi connectivity index (χ3n) is 3.40. The van der Waals surface area contributed by atoms with E-state index in [1.165, 1.54) is 16.7 Å². The third kappa shape index (κ3) is 3.28. The summed E-state index contributed by atoms with van der Waals surface area (Å²) in [5, 5.41) is 0. The van der Waals surface area contributed by atoms with Gasteiger partial charge in [0.25, 0.3) is 0 Å². The average molecular weight is 372 g/mol. The molecule has 0 aliphatic carbocycles. The maximum atomic E-state index is 2.20. The molecule has 0 atom stereocenters. The fourth-order valence-electron chi connectivity index (χ4n) is 2.51. The molecule has 0 aliphatic rings. The standard InChI is InChI=1S/C19H16.HI/c1-4-10-16(11-5-1)19(17-12-6-2-7-13-17)18-14-8-3-9-15-18;/h1-15,19H;1H. The zero-order valence-electron chi connectivity index (χ0n) is 11.1. The largest absolute Gasteiger partial charge is 0.107 e. The second kappa shape index (κ2) is 7.25. The van der Waals surface area contributed by atoms with Crippen LogP contribution in [-0.2, 0) is 0 Å². The molecule has 0 heterocycles. The second-order valence-electron chi connectivity index (χ2n) is 4.67. The second-order valence-corrected chi connectivity index (χ2v) is 4.67. The van der Waals surface area contributed by atoms with Gasteiger partial charge in [0, 0.05) is 5.92 Å². The Morgan fingerprint density at radius 1 is 0.400 bits per heavy atom. The van der Waals surface area contributed by atoms with Gasteiger partial charge in [-0.2, -0.15) is 0 Å². The smallest absolute Gasteiger partial charge is 0.0339 e. The van der Waals surface area contributed by atoms with Gasteiger partial charge in [-0.3, -0.25) is 0 Å². The van der Waals surface area contributed by atoms with Crippen molar-refractivity contribution in [1.82, 2.24) is 0 Å². The van der Waals surface area contributed by atoms with Gasteiger partial charge in [-0.1, -0.05) is 91.0 Å². The average Bonchev–Trinajstić information content (AvgIpc) is 2.51. The molecule has 0 bridgehead atoms. The van der Waals surface area contributed by atoms with Gasteiger partial charge in [0.15, 0.2) is 0 Å². The monoisotopic (exact) mass is 372 g/mol. The lowest BCUT2D eigenvalue weighted by Crippen LogP contribution is -2.02. The van der Waals surface area contributed by atoms with Crippen LogP contribution in [0.15, 0.2) is 91.0 Å². The fraction of sp³-hybridized carbons (Fsp3) is 0.0526. The highest BCUT2D eigenvalue weighted by atomic mass is 127. The molecule has 3 aromatic carbocycles. The number of rotatable bonds is 3. The molecule has 0 saturated heterocycles. The highest BCUT2D eigenvalue weighted by molar-refractivity contribution is 14.0. The van der Waals surface area contributed by atoms with Crippen LogP contribution in [-0.4, -0.2) is 0 Å². The van der Waals surface area contributed by atoms with Crippen molar-refractivity contribution >= 4 is 24.0 Å². The number of benzene rings is 3. The molecule has 0 nitrogen and oxygen atoms in total. The highest BCUT2D eigenvalue weighted by Crippen LogP contribution is 2.31. The Kier molecular flexibility index (Phi) is 5.36. The third-order valence-corrected chi connectivity index (χ3v) is 3.40. The highest BCUT2D eigenvalue weighted by Gasteiger charge is 2.15. The Hall–Kier alpha value is -1.61. The van der Waals surface area contributed by atoms with Crippen molar-refractivity contribution in [3.8, 4) is 0 Å². The number of halogens is 1. The van der Waals surface area contributed by atoms with Crippen LogP contribution in [0.1, 0.15) is 22.6 Å². The van der Waals surface area contributed by atoms with E-state index in [0.29, 0.717) is 5.92 Å². The lowest BCUT2D eigenvalue weighted by atomic mass is 9.85. The first-order chi connectivity index (χ1) is 9.45. The van der Waals surface area contributed by atoms with Crippen molar-refractivity contribution < 1.29 is 0 Å². The van der Waals surface area contributed by atoms with E-state index >= 15 is 0 Å². The van der Waals surface area contributed by atoms with E-state index in [9.17, 15) is 0 Å². The van der Waals surface area contributed by atoms with Crippen LogP contribution in [0.2, 0.25) is 0 Å². The normalized spacial score (nSPS) is 10.1. The maximum absolute atomic E-state index is 2.20. The Bertz CT molecular complexity index is 524. The summed E-state index contributed by atoms with van der Waals surface area (Å²) in [5.41, 5.74) is 4.00. The van der Waals surface area contributed by atoms with E-state index in [-0.39, 0.29) is 24.0 Å². The van der Waals surface area contributed by atoms with Gasteiger partial charge in [-0.15, -0.1) is 24.0 Å². The van der Waals surface area contributed by atoms with Crippen molar-refractivity contribution in [3.63, 3.8) is 0 Å². The summed E-state index contributed by atoms with van der Waals surface area (Å²) in [4.78, 5) is 0. The molecule has 0 aromatic heterocycles. The molecule has 0 radical (unpaired) electrons. The van der Waals surface area contributed by atoms with Gasteiger partial charge in [-0.05, 0) is 16.7 Å². The topological polar surface area (TPSA) is 0 Å². The number of hydrogen-bond acceptors (Lipinski definition) is 0. The van der Waals surface area contributed by atoms with Crippen molar-refractivity contribution in [2.45, 2.75) is 5.92 Å². The minimum atomic E-state index is 0. The molecule has 0 N–H and O–H groups in total. The predicted molar refractivity (Wildman–Crippen MR) is 95.7 cm³/mol. The summed E-state index contributed by atoms with van der Waals surface area (Å²) in [6, 6.07) is 32.0. The Morgan fingerprint density at radius 3 is 0.900 bits per heavy atom. The van der Waals surface area contributed by atoms with Gasteiger partial charge in [-0.25, -0.2) is 0 Å². The van der Waals surface area contributed by atoms with Crippen LogP contribution < -0.4 is 0 Å². The maximum Gasteiger partial charge on any atom is 0.0339 e. The molecule has 20 heavy (non-hydrogen) atoms. The zero-order valence-corrected chi connectivity index (χ0v) is 13.5. The van der Waals surface area contributed by atoms with Crippen LogP contribution in [0.3, 0.4) is 0 Å². The van der Waals surface area contributed by atoms with Crippen molar-refractivity contribution in [2.24, 2.45) is 0 Å². The van der Waals surface area contributed by atoms with E-state index in [1.54, 1.807) is 0 Å². The van der Waals surface area contributed by atoms with Gasteiger partial charge >= 0.3 is 0 Å². The van der Waals surface area contributed by atoms with Crippen LogP contribution in [0, 0.1) is 0 Å². The molecule has 0 amide bonds. The van der Waals surface area contributed by atoms with Crippen LogP contribution in [0.4, 0.5) is 0 Å². The van der Waals surface area contributed by atoms with Gasteiger partial charge in [0.2, 0.25) is 0 Å². The summed E-state index contributed by atoms with van der Waals surface area (Å²) in [6.45, 7) is 0. The van der Waals surface area contributed by atoms with Crippen LogP contribution >= 0.6 is 24.0 Å². The Balaban J connectivity index is 0.00000147. The summed E-state index contributed by atoms with van der Waals surface area (Å²) in [5.74, 6) is 0.309. The van der Waals surface area contributed by atoms with Crippen LogP contribution in [0.5, 0.6) is 0 Å². The van der Waals surface area contributed by atoms with Crippen molar-refractivity contribution in [1.29, 1.82) is 0 Å². The molecule has 1 heteroatoms. The first-order valence-corrected chi connectivity index (χ1v) is 6.60. The van der Waals surface area contributed by atoms with E-state index in [4.69, 9.17) is 0 Å². The Morgan fingerprint density at radius 2 is 0.650 bits per heavy atom. The minimum Gasteiger partial charge on any atom is -0.107 e. The van der Waals surface area contributed by atoms with Gasteiger partial charge < -0.3 is 0 Å². The first-order valence-electron chi connectivity index (χ1n) is 6.60. The van der Waals surface area contributed by atoms with Crippen LogP contribution in [0.25, 0.3) is 0 Å². The van der Waals surface area contributed by atoms with E-state index in [1.807, 2.05) is 0 Å². The molecule has 0 aliphatic heterocycles. The molecule has 0 saturated carbocycles. The lowest BCUT2D eigenvalue weighted by molar-refractivity contribution is 0.977. The zero-order chi connectivity index (χ0) is 12.9. The SMILES string of the molecule is I.c1ccc(C(c2ccccc2)c2ccccc2)cc1. The molecule has 3 rings (SSSR count). The molecule has 0 unspecified atom stereocenters. The number of hydrogen-bond donors (Lipinski definition) is 0. The van der Waals surface area contributed by atoms with E-state index in [2.05, 4.69) is 91.0 Å². The fourth-order valence-corrected chi connectivity index (χ4v) is 2.51. The van der Waals surface area contributed by atoms with E-state index in [0.717, 1.165) is 0 Å². The Labute approximate surface area is 137 Å². The summed E-state index contributed by atoms with van der Waals surface area (Å²) in [7, 11) is 0. The van der Waals surface area contributed by atoms with Crippen molar-refractivity contribution in [2.75, 3.05) is 0 Å². The van der Waals surface area contributed by atoms with Gasteiger partial charge in [0.1, 0.15) is 0 Å². The molecule has 0 fully saturated rings. The molecule has 3 aromatic rings. The molecular formula is C19H17I. The lowest BCUT2D eigenvalue weighted by Gasteiger charge is -2.18. The summed E-state index contributed by atoms with van der Waals surface area (Å²) in [6.07, 6.45) is 0. The predicted octanol–water partition coefficient (Wildman–Crippen LogP) is 5.48. The summed E-state index contributed by atoms with van der Waals surface area (Å²) < 4.78 is 0. The molecular weight excluding hydrogens is 355 g/mol. The molecule has 0 spiro atoms. The van der Waals surface area contributed by atoms with E-state index < -0.39 is 0 Å². The minimum absolute atomic E-state index is 0. The first kappa shape index (κ1) is 14.8. The van der Waals surface area contributed by atoms with Gasteiger partial charge in [0.05, 0.1) is 0 Å². The molecule has 100 valence electrons. The quantitative estimate of drug-likeness (QED) is 0.422.